The molecule has 80 valence electrons. The molecular weight excluding hydrogens is 278 g/mol. The highest BCUT2D eigenvalue weighted by Crippen LogP contribution is 2.23. The number of rotatable bonds is 2. The van der Waals surface area contributed by atoms with Gasteiger partial charge in [0.1, 0.15) is 5.82 Å². The second-order valence-corrected chi connectivity index (χ2v) is 5.50. The van der Waals surface area contributed by atoms with Gasteiger partial charge in [0.2, 0.25) is 0 Å². The van der Waals surface area contributed by atoms with Crippen LogP contribution in [0.3, 0.4) is 0 Å². The molecule has 0 spiro atoms. The number of halogens is 1. The Bertz CT molecular complexity index is 540. The molecule has 2 rings (SSSR count). The van der Waals surface area contributed by atoms with Crippen molar-refractivity contribution >= 4 is 27.3 Å². The Hall–Kier alpha value is -0.880. The largest absolute Gasteiger partial charge is 0.345 e. The molecule has 0 aliphatic heterocycles. The summed E-state index contributed by atoms with van der Waals surface area (Å²) in [5, 5.41) is 6.16. The van der Waals surface area contributed by atoms with Gasteiger partial charge in [-0.25, -0.2) is 9.48 Å². The topological polar surface area (TPSA) is 39.8 Å². The summed E-state index contributed by atoms with van der Waals surface area (Å²) in [6.07, 6.45) is 0. The smallest absolute Gasteiger partial charge is 0.282 e. The predicted octanol–water partition coefficient (Wildman–Crippen LogP) is 1.76. The van der Waals surface area contributed by atoms with Gasteiger partial charge < -0.3 is 0 Å². The zero-order chi connectivity index (χ0) is 11.0. The standard InChI is InChI=1S/C9H10BrN3OS/c1-6-11-13(9(14)12(6)2)5-7-3-4-15-8(7)10/h3-4H,5H2,1-2H3. The molecule has 0 saturated heterocycles. The predicted molar refractivity (Wildman–Crippen MR) is 63.3 cm³/mol. The first-order valence-electron chi connectivity index (χ1n) is 4.42. The van der Waals surface area contributed by atoms with Crippen molar-refractivity contribution in [2.45, 2.75) is 13.5 Å². The van der Waals surface area contributed by atoms with Crippen molar-refractivity contribution in [3.63, 3.8) is 0 Å². The Kier molecular flexibility index (Phi) is 2.79. The lowest BCUT2D eigenvalue weighted by Gasteiger charge is -1.97. The molecule has 0 aromatic carbocycles. The highest BCUT2D eigenvalue weighted by Gasteiger charge is 2.08. The van der Waals surface area contributed by atoms with E-state index in [1.165, 1.54) is 4.68 Å². The summed E-state index contributed by atoms with van der Waals surface area (Å²) in [6, 6.07) is 1.99. The van der Waals surface area contributed by atoms with Crippen LogP contribution in [0, 0.1) is 6.92 Å². The Morgan fingerprint density at radius 2 is 2.33 bits per heavy atom. The SMILES string of the molecule is Cc1nn(Cc2ccsc2Br)c(=O)n1C. The molecule has 15 heavy (non-hydrogen) atoms. The van der Waals surface area contributed by atoms with Crippen molar-refractivity contribution in [3.05, 3.63) is 37.1 Å². The molecule has 0 amide bonds. The maximum Gasteiger partial charge on any atom is 0.345 e. The van der Waals surface area contributed by atoms with E-state index in [-0.39, 0.29) is 5.69 Å². The van der Waals surface area contributed by atoms with Gasteiger partial charge in [-0.3, -0.25) is 4.57 Å². The summed E-state index contributed by atoms with van der Waals surface area (Å²) in [4.78, 5) is 11.7. The van der Waals surface area contributed by atoms with Gasteiger partial charge in [-0.05, 0) is 39.9 Å². The molecular formula is C9H10BrN3OS. The van der Waals surface area contributed by atoms with E-state index in [1.807, 2.05) is 18.4 Å². The minimum absolute atomic E-state index is 0.0781. The van der Waals surface area contributed by atoms with Crippen LogP contribution in [0.25, 0.3) is 0 Å². The molecule has 6 heteroatoms. The van der Waals surface area contributed by atoms with Gasteiger partial charge in [-0.2, -0.15) is 5.10 Å². The van der Waals surface area contributed by atoms with E-state index in [0.29, 0.717) is 6.54 Å². The third-order valence-electron chi connectivity index (χ3n) is 2.27. The van der Waals surface area contributed by atoms with Crippen LogP contribution in [-0.4, -0.2) is 14.3 Å². The highest BCUT2D eigenvalue weighted by atomic mass is 79.9. The number of aromatic nitrogens is 3. The van der Waals surface area contributed by atoms with Crippen molar-refractivity contribution in [1.82, 2.24) is 14.3 Å². The van der Waals surface area contributed by atoms with E-state index in [4.69, 9.17) is 0 Å². The first-order chi connectivity index (χ1) is 7.09. The van der Waals surface area contributed by atoms with Gasteiger partial charge in [0.25, 0.3) is 0 Å². The molecule has 2 aromatic rings. The number of aryl methyl sites for hydroxylation is 1. The molecule has 0 saturated carbocycles. The summed E-state index contributed by atoms with van der Waals surface area (Å²) >= 11 is 5.05. The zero-order valence-corrected chi connectivity index (χ0v) is 10.8. The van der Waals surface area contributed by atoms with Crippen LogP contribution in [0.5, 0.6) is 0 Å². The van der Waals surface area contributed by atoms with Gasteiger partial charge in [-0.15, -0.1) is 11.3 Å². The Morgan fingerprint density at radius 3 is 2.80 bits per heavy atom. The van der Waals surface area contributed by atoms with Crippen LogP contribution in [0.4, 0.5) is 0 Å². The summed E-state index contributed by atoms with van der Waals surface area (Å²) in [5.74, 6) is 0.728. The fraction of sp³-hybridized carbons (Fsp3) is 0.333. The number of hydrogen-bond donors (Lipinski definition) is 0. The summed E-state index contributed by atoms with van der Waals surface area (Å²) in [6.45, 7) is 2.34. The van der Waals surface area contributed by atoms with Crippen molar-refractivity contribution in [2.24, 2.45) is 7.05 Å². The summed E-state index contributed by atoms with van der Waals surface area (Å²) in [5.41, 5.74) is 1.01. The first-order valence-corrected chi connectivity index (χ1v) is 6.09. The summed E-state index contributed by atoms with van der Waals surface area (Å²) in [7, 11) is 1.73. The number of thiophene rings is 1. The normalized spacial score (nSPS) is 10.9. The maximum atomic E-state index is 11.7. The average Bonchev–Trinajstić information content (AvgIpc) is 2.69. The van der Waals surface area contributed by atoms with E-state index in [0.717, 1.165) is 15.2 Å². The minimum Gasteiger partial charge on any atom is -0.282 e. The third kappa shape index (κ3) is 1.91. The molecule has 2 aromatic heterocycles. The zero-order valence-electron chi connectivity index (χ0n) is 8.40. The van der Waals surface area contributed by atoms with Gasteiger partial charge >= 0.3 is 5.69 Å². The fourth-order valence-electron chi connectivity index (χ4n) is 1.29. The van der Waals surface area contributed by atoms with Crippen LogP contribution < -0.4 is 5.69 Å². The van der Waals surface area contributed by atoms with Crippen molar-refractivity contribution in [2.75, 3.05) is 0 Å². The van der Waals surface area contributed by atoms with Crippen LogP contribution in [0.1, 0.15) is 11.4 Å². The molecule has 0 aliphatic carbocycles. The van der Waals surface area contributed by atoms with E-state index < -0.39 is 0 Å². The Labute approximate surface area is 99.3 Å². The molecule has 0 bridgehead atoms. The lowest BCUT2D eigenvalue weighted by atomic mass is 10.3. The molecule has 0 unspecified atom stereocenters. The van der Waals surface area contributed by atoms with Crippen LogP contribution >= 0.6 is 27.3 Å². The molecule has 0 atom stereocenters. The van der Waals surface area contributed by atoms with Crippen molar-refractivity contribution in [1.29, 1.82) is 0 Å². The average molecular weight is 288 g/mol. The third-order valence-corrected chi connectivity index (χ3v) is 4.08. The Morgan fingerprint density at radius 1 is 1.60 bits per heavy atom. The van der Waals surface area contributed by atoms with E-state index in [9.17, 15) is 4.79 Å². The highest BCUT2D eigenvalue weighted by molar-refractivity contribution is 9.11. The minimum atomic E-state index is -0.0781. The van der Waals surface area contributed by atoms with E-state index in [2.05, 4.69) is 21.0 Å². The van der Waals surface area contributed by atoms with Crippen LogP contribution in [0.15, 0.2) is 20.0 Å². The molecule has 0 aliphatic rings. The van der Waals surface area contributed by atoms with Gasteiger partial charge in [0.15, 0.2) is 0 Å². The molecule has 4 nitrogen and oxygen atoms in total. The van der Waals surface area contributed by atoms with Gasteiger partial charge in [0, 0.05) is 7.05 Å². The lowest BCUT2D eigenvalue weighted by molar-refractivity contribution is 0.646. The molecule has 0 radical (unpaired) electrons. The number of nitrogens with zero attached hydrogens (tertiary/aromatic N) is 3. The lowest BCUT2D eigenvalue weighted by Crippen LogP contribution is -2.23. The number of hydrogen-bond acceptors (Lipinski definition) is 3. The second-order valence-electron chi connectivity index (χ2n) is 3.27. The van der Waals surface area contributed by atoms with Gasteiger partial charge in [-0.1, -0.05) is 0 Å². The Balaban J connectivity index is 2.37. The van der Waals surface area contributed by atoms with E-state index in [1.54, 1.807) is 23.0 Å². The monoisotopic (exact) mass is 287 g/mol. The second kappa shape index (κ2) is 3.94. The van der Waals surface area contributed by atoms with Crippen molar-refractivity contribution in [3.8, 4) is 0 Å². The molecule has 2 heterocycles. The molecule has 0 fully saturated rings. The van der Waals surface area contributed by atoms with Crippen molar-refractivity contribution < 1.29 is 0 Å². The maximum absolute atomic E-state index is 11.7. The fourth-order valence-corrected chi connectivity index (χ4v) is 2.51. The van der Waals surface area contributed by atoms with Crippen LogP contribution in [-0.2, 0) is 13.6 Å². The first kappa shape index (κ1) is 10.6. The van der Waals surface area contributed by atoms with Crippen LogP contribution in [0.2, 0.25) is 0 Å². The van der Waals surface area contributed by atoms with Gasteiger partial charge in [0.05, 0.1) is 10.3 Å². The molecule has 0 N–H and O–H groups in total. The summed E-state index contributed by atoms with van der Waals surface area (Å²) < 4.78 is 4.07. The quantitative estimate of drug-likeness (QED) is 0.845. The van der Waals surface area contributed by atoms with E-state index >= 15 is 0 Å².